The molecule has 1 aromatic heterocycles. The van der Waals surface area contributed by atoms with Gasteiger partial charge in [-0.15, -0.1) is 0 Å². The highest BCUT2D eigenvalue weighted by Crippen LogP contribution is 2.35. The number of rotatable bonds is 3. The fraction of sp³-hybridized carbons (Fsp3) is 0.412. The Hall–Kier alpha value is -2.34. The summed E-state index contributed by atoms with van der Waals surface area (Å²) in [6.45, 7) is 3.11. The molecule has 0 saturated carbocycles. The third-order valence-electron chi connectivity index (χ3n) is 4.45. The summed E-state index contributed by atoms with van der Waals surface area (Å²) in [7, 11) is 3.74. The topological polar surface area (TPSA) is 62.2 Å². The van der Waals surface area contributed by atoms with Crippen molar-refractivity contribution >= 4 is 11.8 Å². The zero-order valence-electron chi connectivity index (χ0n) is 13.8. The number of amides is 2. The van der Waals surface area contributed by atoms with Crippen molar-refractivity contribution in [2.75, 3.05) is 26.0 Å². The first kappa shape index (κ1) is 15.6. The summed E-state index contributed by atoms with van der Waals surface area (Å²) < 4.78 is 1.83. The van der Waals surface area contributed by atoms with Gasteiger partial charge in [0.25, 0.3) is 0 Å². The Labute approximate surface area is 136 Å². The fourth-order valence-corrected chi connectivity index (χ4v) is 3.16. The van der Waals surface area contributed by atoms with Crippen LogP contribution >= 0.6 is 0 Å². The first-order valence-corrected chi connectivity index (χ1v) is 7.95. The number of aromatic nitrogens is 2. The number of likely N-dealkylation sites (tertiary alicyclic amines) is 1. The van der Waals surface area contributed by atoms with Crippen LogP contribution in [0.25, 0.3) is 5.69 Å². The van der Waals surface area contributed by atoms with E-state index >= 15 is 0 Å². The summed E-state index contributed by atoms with van der Waals surface area (Å²) in [5.74, 6) is 0.728. The second kappa shape index (κ2) is 6.42. The molecule has 6 nitrogen and oxygen atoms in total. The number of carbonyl (C=O) groups is 1. The van der Waals surface area contributed by atoms with Gasteiger partial charge < -0.3 is 5.32 Å². The number of nitrogens with one attached hydrogen (secondary N) is 2. The molecule has 23 heavy (non-hydrogen) atoms. The molecule has 0 spiro atoms. The Bertz CT molecular complexity index is 695. The van der Waals surface area contributed by atoms with Crippen molar-refractivity contribution in [1.29, 1.82) is 0 Å². The smallest absolute Gasteiger partial charge is 0.320 e. The van der Waals surface area contributed by atoms with Gasteiger partial charge in [0.15, 0.2) is 0 Å². The van der Waals surface area contributed by atoms with E-state index in [0.29, 0.717) is 6.04 Å². The number of hydrogen-bond acceptors (Lipinski definition) is 3. The molecular formula is C17H23N5O. The predicted octanol–water partition coefficient (Wildman–Crippen LogP) is 2.70. The van der Waals surface area contributed by atoms with E-state index in [9.17, 15) is 4.79 Å². The Morgan fingerprint density at radius 1 is 1.30 bits per heavy atom. The van der Waals surface area contributed by atoms with Crippen molar-refractivity contribution in [1.82, 2.24) is 20.0 Å². The van der Waals surface area contributed by atoms with E-state index in [1.54, 1.807) is 7.05 Å². The molecule has 2 aromatic rings. The Morgan fingerprint density at radius 2 is 2.04 bits per heavy atom. The number of anilines is 1. The van der Waals surface area contributed by atoms with Crippen LogP contribution in [0.2, 0.25) is 0 Å². The minimum Gasteiger partial charge on any atom is -0.341 e. The number of hydrogen-bond donors (Lipinski definition) is 2. The van der Waals surface area contributed by atoms with E-state index < -0.39 is 0 Å². The Morgan fingerprint density at radius 3 is 2.65 bits per heavy atom. The molecule has 2 N–H and O–H groups in total. The lowest BCUT2D eigenvalue weighted by molar-refractivity contribution is 0.254. The number of urea groups is 1. The van der Waals surface area contributed by atoms with Crippen LogP contribution < -0.4 is 10.6 Å². The summed E-state index contributed by atoms with van der Waals surface area (Å²) in [6.07, 6.45) is 2.28. The van der Waals surface area contributed by atoms with Crippen LogP contribution in [0.4, 0.5) is 10.6 Å². The molecule has 1 aliphatic heterocycles. The van der Waals surface area contributed by atoms with Gasteiger partial charge in [-0.2, -0.15) is 5.10 Å². The van der Waals surface area contributed by atoms with Crippen LogP contribution in [0.3, 0.4) is 0 Å². The molecule has 0 unspecified atom stereocenters. The van der Waals surface area contributed by atoms with Crippen molar-refractivity contribution in [2.24, 2.45) is 0 Å². The van der Waals surface area contributed by atoms with Gasteiger partial charge in [-0.3, -0.25) is 10.2 Å². The summed E-state index contributed by atoms with van der Waals surface area (Å²) in [5.41, 5.74) is 3.00. The normalized spacial score (nSPS) is 18.1. The molecule has 3 rings (SSSR count). The lowest BCUT2D eigenvalue weighted by Crippen LogP contribution is -2.26. The summed E-state index contributed by atoms with van der Waals surface area (Å²) >= 11 is 0. The molecule has 1 fully saturated rings. The Kier molecular flexibility index (Phi) is 4.34. The number of carbonyl (C=O) groups excluding carboxylic acids is 1. The van der Waals surface area contributed by atoms with E-state index in [1.807, 2.05) is 41.9 Å². The van der Waals surface area contributed by atoms with Gasteiger partial charge >= 0.3 is 6.03 Å². The van der Waals surface area contributed by atoms with E-state index in [2.05, 4.69) is 22.6 Å². The maximum absolute atomic E-state index is 11.8. The van der Waals surface area contributed by atoms with Crippen molar-refractivity contribution in [3.8, 4) is 5.69 Å². The van der Waals surface area contributed by atoms with Crippen LogP contribution in [0.15, 0.2) is 30.3 Å². The number of para-hydroxylation sites is 1. The highest BCUT2D eigenvalue weighted by molar-refractivity contribution is 5.89. The van der Waals surface area contributed by atoms with E-state index in [0.717, 1.165) is 35.7 Å². The largest absolute Gasteiger partial charge is 0.341 e. The van der Waals surface area contributed by atoms with Crippen molar-refractivity contribution in [2.45, 2.75) is 25.8 Å². The molecule has 0 aliphatic carbocycles. The molecule has 122 valence electrons. The molecule has 2 heterocycles. The number of nitrogens with zero attached hydrogens (tertiary/aromatic N) is 3. The minimum absolute atomic E-state index is 0.239. The van der Waals surface area contributed by atoms with Crippen LogP contribution in [0, 0.1) is 6.92 Å². The monoisotopic (exact) mass is 313 g/mol. The maximum atomic E-state index is 11.8. The SMILES string of the molecule is CNC(=O)Nc1c(C)c([C@@H]2CCCN2C)nn1-c1ccccc1. The Balaban J connectivity index is 2.07. The zero-order chi connectivity index (χ0) is 16.4. The van der Waals surface area contributed by atoms with E-state index in [-0.39, 0.29) is 6.03 Å². The first-order chi connectivity index (χ1) is 11.1. The maximum Gasteiger partial charge on any atom is 0.320 e. The standard InChI is InChI=1S/C17H23N5O/c1-12-15(14-10-7-11-21(14)3)20-22(13-8-5-4-6-9-13)16(12)19-17(23)18-2/h4-6,8-9,14H,7,10-11H2,1-3H3,(H2,18,19,23)/t14-/m0/s1. The van der Waals surface area contributed by atoms with Gasteiger partial charge in [-0.1, -0.05) is 18.2 Å². The zero-order valence-corrected chi connectivity index (χ0v) is 13.8. The van der Waals surface area contributed by atoms with E-state index in [4.69, 9.17) is 5.10 Å². The highest BCUT2D eigenvalue weighted by atomic mass is 16.2. The highest BCUT2D eigenvalue weighted by Gasteiger charge is 2.29. The van der Waals surface area contributed by atoms with Gasteiger partial charge in [-0.05, 0) is 45.5 Å². The average Bonchev–Trinajstić information content (AvgIpc) is 3.12. The lowest BCUT2D eigenvalue weighted by Gasteiger charge is -2.17. The molecule has 2 amide bonds. The second-order valence-corrected chi connectivity index (χ2v) is 5.95. The van der Waals surface area contributed by atoms with Gasteiger partial charge in [0.2, 0.25) is 0 Å². The minimum atomic E-state index is -0.239. The van der Waals surface area contributed by atoms with Crippen LogP contribution in [0.5, 0.6) is 0 Å². The lowest BCUT2D eigenvalue weighted by atomic mass is 10.1. The van der Waals surface area contributed by atoms with Crippen LogP contribution in [0.1, 0.15) is 30.1 Å². The summed E-state index contributed by atoms with van der Waals surface area (Å²) in [4.78, 5) is 14.2. The fourth-order valence-electron chi connectivity index (χ4n) is 3.16. The molecule has 1 aromatic carbocycles. The van der Waals surface area contributed by atoms with Crippen LogP contribution in [-0.2, 0) is 0 Å². The number of benzene rings is 1. The quantitative estimate of drug-likeness (QED) is 0.916. The van der Waals surface area contributed by atoms with Gasteiger partial charge in [0, 0.05) is 12.6 Å². The van der Waals surface area contributed by atoms with Crippen molar-refractivity contribution < 1.29 is 4.79 Å². The molecule has 1 atom stereocenters. The first-order valence-electron chi connectivity index (χ1n) is 7.95. The van der Waals surface area contributed by atoms with Crippen molar-refractivity contribution in [3.63, 3.8) is 0 Å². The van der Waals surface area contributed by atoms with E-state index in [1.165, 1.54) is 6.42 Å². The second-order valence-electron chi connectivity index (χ2n) is 5.95. The molecular weight excluding hydrogens is 290 g/mol. The molecule has 0 radical (unpaired) electrons. The molecule has 6 heteroatoms. The third-order valence-corrected chi connectivity index (χ3v) is 4.45. The van der Waals surface area contributed by atoms with Crippen molar-refractivity contribution in [3.05, 3.63) is 41.6 Å². The molecule has 0 bridgehead atoms. The predicted molar refractivity (Wildman–Crippen MR) is 91.0 cm³/mol. The van der Waals surface area contributed by atoms with Gasteiger partial charge in [0.05, 0.1) is 17.4 Å². The third kappa shape index (κ3) is 2.94. The molecule has 1 aliphatic rings. The van der Waals surface area contributed by atoms with Crippen LogP contribution in [-0.4, -0.2) is 41.4 Å². The average molecular weight is 313 g/mol. The van der Waals surface area contributed by atoms with Gasteiger partial charge in [-0.25, -0.2) is 9.48 Å². The van der Waals surface area contributed by atoms with Gasteiger partial charge in [0.1, 0.15) is 5.82 Å². The summed E-state index contributed by atoms with van der Waals surface area (Å²) in [5, 5.41) is 10.4. The summed E-state index contributed by atoms with van der Waals surface area (Å²) in [6, 6.07) is 9.96. The molecule has 1 saturated heterocycles.